The van der Waals surface area contributed by atoms with Crippen LogP contribution in [0.25, 0.3) is 0 Å². The minimum atomic E-state index is 0. The fourth-order valence-corrected chi connectivity index (χ4v) is 0. The third-order valence-corrected chi connectivity index (χ3v) is 0. The molecule has 4 N–H and O–H groups in total. The first-order chi connectivity index (χ1) is 0. The topological polar surface area (TPSA) is 120 Å². The Morgan fingerprint density at radius 3 is 0.667 bits per heavy atom. The van der Waals surface area contributed by atoms with Gasteiger partial charge in [0.15, 0.2) is 0 Å². The normalized spacial score (nSPS) is 0. The van der Waals surface area contributed by atoms with Crippen LogP contribution in [0.4, 0.5) is 0 Å². The summed E-state index contributed by atoms with van der Waals surface area (Å²) in [6, 6.07) is 0. The van der Waals surface area contributed by atoms with Crippen molar-refractivity contribution in [2.24, 2.45) is 0 Å². The number of hydrogen-bond donors (Lipinski definition) is 0. The summed E-state index contributed by atoms with van der Waals surface area (Å²) in [5, 5.41) is 0. The van der Waals surface area contributed by atoms with Crippen LogP contribution in [0.5, 0.6) is 0 Å². The minimum Gasteiger partial charge on any atom is -2.00 e. The van der Waals surface area contributed by atoms with Crippen molar-refractivity contribution in [1.82, 2.24) is 0 Å². The van der Waals surface area contributed by atoms with Crippen LogP contribution < -0.4 is 0 Å². The summed E-state index contributed by atoms with van der Waals surface area (Å²) in [5.74, 6) is 0. The van der Waals surface area contributed by atoms with Gasteiger partial charge in [0.25, 0.3) is 0 Å². The molecule has 1 radical (unpaired) electrons. The van der Waals surface area contributed by atoms with Crippen molar-refractivity contribution in [2.45, 2.75) is 0 Å². The molecule has 0 fully saturated rings. The molecular formula is H4CuO4Zr. The molecule has 0 aromatic heterocycles. The quantitative estimate of drug-likeness (QED) is 0.426. The van der Waals surface area contributed by atoms with Crippen LogP contribution in [0.1, 0.15) is 0 Å². The first kappa shape index (κ1) is 183. The van der Waals surface area contributed by atoms with Gasteiger partial charge in [-0.25, -0.2) is 0 Å². The molecule has 0 unspecified atom stereocenters. The van der Waals surface area contributed by atoms with E-state index < -0.39 is 0 Å². The van der Waals surface area contributed by atoms with E-state index in [2.05, 4.69) is 0 Å². The largest absolute Gasteiger partial charge is 4.00 e. The van der Waals surface area contributed by atoms with Crippen LogP contribution in [0.3, 0.4) is 0 Å². The molecule has 0 aromatic rings. The van der Waals surface area contributed by atoms with Crippen molar-refractivity contribution in [1.29, 1.82) is 0 Å². The van der Waals surface area contributed by atoms with Crippen LogP contribution in [-0.4, -0.2) is 11.0 Å². The Hall–Kier alpha value is 1.24. The molecule has 6 heteroatoms. The predicted molar refractivity (Wildman–Crippen MR) is 8.60 cm³/mol. The van der Waals surface area contributed by atoms with Crippen LogP contribution >= 0.6 is 0 Å². The van der Waals surface area contributed by atoms with Crippen LogP contribution in [-0.2, 0) is 54.2 Å². The molecule has 43 valence electrons. The Morgan fingerprint density at radius 2 is 0.667 bits per heavy atom. The number of rotatable bonds is 0. The molecule has 0 heterocycles. The van der Waals surface area contributed by atoms with E-state index in [1.165, 1.54) is 0 Å². The molecule has 0 aliphatic rings. The summed E-state index contributed by atoms with van der Waals surface area (Å²) >= 11 is 0. The molecule has 0 amide bonds. The minimum absolute atomic E-state index is 0. The van der Waals surface area contributed by atoms with Gasteiger partial charge in [-0.1, -0.05) is 0 Å². The van der Waals surface area contributed by atoms with Gasteiger partial charge in [-0.15, -0.1) is 0 Å². The Balaban J connectivity index is 0. The second kappa shape index (κ2) is 111. The maximum absolute atomic E-state index is 0. The van der Waals surface area contributed by atoms with Gasteiger partial charge < -0.3 is 21.9 Å². The average molecular weight is 223 g/mol. The van der Waals surface area contributed by atoms with E-state index >= 15 is 0 Å². The van der Waals surface area contributed by atoms with Gasteiger partial charge in [-0.2, -0.15) is 0 Å². The molecule has 6 heavy (non-hydrogen) atoms. The Morgan fingerprint density at radius 1 is 0.667 bits per heavy atom. The molecule has 0 saturated carbocycles. The first-order valence-electron chi connectivity index (χ1n) is 0. The molecule has 0 aliphatic heterocycles. The third kappa shape index (κ3) is 61.1. The van der Waals surface area contributed by atoms with Gasteiger partial charge in [0.05, 0.1) is 0 Å². The van der Waals surface area contributed by atoms with Crippen LogP contribution in [0.2, 0.25) is 0 Å². The summed E-state index contributed by atoms with van der Waals surface area (Å²) in [5.41, 5.74) is 0. The molecule has 0 bridgehead atoms. The van der Waals surface area contributed by atoms with Gasteiger partial charge in [0.2, 0.25) is 0 Å². The van der Waals surface area contributed by atoms with E-state index in [9.17, 15) is 0 Å². The Bertz CT molecular complexity index is 7.51. The van der Waals surface area contributed by atoms with E-state index in [1.807, 2.05) is 0 Å². The summed E-state index contributed by atoms with van der Waals surface area (Å²) in [4.78, 5) is 0. The zero-order chi connectivity index (χ0) is 0. The van der Waals surface area contributed by atoms with E-state index in [4.69, 9.17) is 0 Å². The molecule has 0 spiro atoms. The SMILES string of the molecule is O.O.[Cu].[O-2].[O-2].[Zr+4]. The zero-order valence-electron chi connectivity index (χ0n) is 2.62. The van der Waals surface area contributed by atoms with E-state index in [-0.39, 0.29) is 65.2 Å². The molecular weight excluding hydrogens is 219 g/mol. The molecule has 0 saturated heterocycles. The molecule has 0 aliphatic carbocycles. The smallest absolute Gasteiger partial charge is 2.00 e. The maximum atomic E-state index is 0. The van der Waals surface area contributed by atoms with Gasteiger partial charge in [-0.3, -0.25) is 0 Å². The summed E-state index contributed by atoms with van der Waals surface area (Å²) in [6.45, 7) is 0. The van der Waals surface area contributed by atoms with E-state index in [0.29, 0.717) is 0 Å². The first-order valence-corrected chi connectivity index (χ1v) is 0. The Labute approximate surface area is 65.1 Å². The van der Waals surface area contributed by atoms with Gasteiger partial charge >= 0.3 is 26.2 Å². The monoisotopic (exact) mass is 221 g/mol. The fraction of sp³-hybridized carbons (Fsp3) is 0. The Kier molecular flexibility index (Phi) is 3390. The zero-order valence-corrected chi connectivity index (χ0v) is 6.02. The third-order valence-electron chi connectivity index (χ3n) is 0. The molecule has 0 rings (SSSR count). The average Bonchev–Trinajstić information content (AvgIpc) is 0. The predicted octanol–water partition coefficient (Wildman–Crippen LogP) is -1.89. The van der Waals surface area contributed by atoms with Gasteiger partial charge in [0.1, 0.15) is 0 Å². The standard InChI is InChI=1S/Cu.2H2O.2O.Zr/h;2*1H2;;;/q;;;2*-2;+4. The number of hydrogen-bond acceptors (Lipinski definition) is 0. The van der Waals surface area contributed by atoms with Crippen molar-refractivity contribution in [3.8, 4) is 0 Å². The maximum Gasteiger partial charge on any atom is 4.00 e. The van der Waals surface area contributed by atoms with Crippen molar-refractivity contribution in [3.05, 3.63) is 0 Å². The van der Waals surface area contributed by atoms with Gasteiger partial charge in [0, 0.05) is 17.1 Å². The van der Waals surface area contributed by atoms with Crippen molar-refractivity contribution in [2.75, 3.05) is 0 Å². The van der Waals surface area contributed by atoms with E-state index in [1.54, 1.807) is 0 Å². The second-order valence-corrected chi connectivity index (χ2v) is 0. The van der Waals surface area contributed by atoms with Crippen molar-refractivity contribution in [3.63, 3.8) is 0 Å². The van der Waals surface area contributed by atoms with Gasteiger partial charge in [-0.05, 0) is 0 Å². The second-order valence-electron chi connectivity index (χ2n) is 0. The van der Waals surface area contributed by atoms with Crippen LogP contribution in [0.15, 0.2) is 0 Å². The summed E-state index contributed by atoms with van der Waals surface area (Å²) in [6.07, 6.45) is 0. The molecule has 0 atom stereocenters. The van der Waals surface area contributed by atoms with Crippen molar-refractivity contribution >= 4 is 0 Å². The van der Waals surface area contributed by atoms with E-state index in [0.717, 1.165) is 0 Å². The van der Waals surface area contributed by atoms with Crippen LogP contribution in [0, 0.1) is 0 Å². The molecule has 4 nitrogen and oxygen atoms in total. The molecule has 0 aromatic carbocycles. The summed E-state index contributed by atoms with van der Waals surface area (Å²) < 4.78 is 0. The fourth-order valence-electron chi connectivity index (χ4n) is 0. The van der Waals surface area contributed by atoms with Crippen molar-refractivity contribution < 1.29 is 65.2 Å². The summed E-state index contributed by atoms with van der Waals surface area (Å²) in [7, 11) is 0.